The van der Waals surface area contributed by atoms with Crippen molar-refractivity contribution in [3.05, 3.63) is 46.8 Å². The second kappa shape index (κ2) is 7.78. The van der Waals surface area contributed by atoms with Gasteiger partial charge in [-0.15, -0.1) is 0 Å². The Morgan fingerprint density at radius 3 is 2.85 bits per heavy atom. The molecule has 0 unspecified atom stereocenters. The molecule has 2 aromatic rings. The van der Waals surface area contributed by atoms with E-state index in [0.29, 0.717) is 6.54 Å². The lowest BCUT2D eigenvalue weighted by Gasteiger charge is -2.28. The first-order valence-electron chi connectivity index (χ1n) is 8.83. The van der Waals surface area contributed by atoms with Gasteiger partial charge in [0.05, 0.1) is 31.6 Å². The van der Waals surface area contributed by atoms with Crippen LogP contribution in [0.15, 0.2) is 24.3 Å². The molecule has 1 aliphatic heterocycles. The van der Waals surface area contributed by atoms with E-state index < -0.39 is 0 Å². The maximum Gasteiger partial charge on any atom is 0.317 e. The van der Waals surface area contributed by atoms with Crippen molar-refractivity contribution >= 4 is 6.03 Å². The molecule has 0 saturated carbocycles. The number of rotatable bonds is 5. The van der Waals surface area contributed by atoms with Crippen LogP contribution >= 0.6 is 0 Å². The summed E-state index contributed by atoms with van der Waals surface area (Å²) in [4.78, 5) is 15.6. The Balaban J connectivity index is 1.64. The van der Waals surface area contributed by atoms with E-state index in [1.54, 1.807) is 21.2 Å². The minimum atomic E-state index is -0.107. The number of aromatic nitrogens is 2. The van der Waals surface area contributed by atoms with E-state index in [4.69, 9.17) is 4.74 Å². The smallest absolute Gasteiger partial charge is 0.317 e. The van der Waals surface area contributed by atoms with Gasteiger partial charge in [0.15, 0.2) is 0 Å². The van der Waals surface area contributed by atoms with Gasteiger partial charge in [-0.2, -0.15) is 5.10 Å². The van der Waals surface area contributed by atoms with Crippen LogP contribution in [0.4, 0.5) is 4.79 Å². The summed E-state index contributed by atoms with van der Waals surface area (Å²) < 4.78 is 7.57. The number of aryl methyl sites for hydroxylation is 1. The lowest BCUT2D eigenvalue weighted by atomic mass is 10.1. The summed E-state index contributed by atoms with van der Waals surface area (Å²) in [6.45, 7) is 6.00. The van der Waals surface area contributed by atoms with Gasteiger partial charge in [0, 0.05) is 39.3 Å². The maximum absolute atomic E-state index is 11.7. The van der Waals surface area contributed by atoms with E-state index in [1.165, 1.54) is 21.7 Å². The fraction of sp³-hybridized carbons (Fsp3) is 0.474. The molecule has 7 heteroatoms. The highest BCUT2D eigenvalue weighted by atomic mass is 16.5. The summed E-state index contributed by atoms with van der Waals surface area (Å²) in [5, 5.41) is 7.46. The Hall–Kier alpha value is -2.54. The standard InChI is InChI=1S/C19H27N5O2/c1-14-5-6-15(18(9-14)26-4)12-23-7-8-24-17(13-23)10-16(21-24)11-20-19(25)22(2)3/h5-6,9-10H,7-8,11-13H2,1-4H3,(H,20,25). The molecule has 0 aliphatic carbocycles. The van der Waals surface area contributed by atoms with E-state index in [0.717, 1.165) is 37.6 Å². The number of methoxy groups -OCH3 is 1. The average Bonchev–Trinajstić information content (AvgIpc) is 3.03. The molecular formula is C19H27N5O2. The number of benzene rings is 1. The number of hydrogen-bond acceptors (Lipinski definition) is 4. The first-order valence-corrected chi connectivity index (χ1v) is 8.83. The fourth-order valence-electron chi connectivity index (χ4n) is 3.15. The summed E-state index contributed by atoms with van der Waals surface area (Å²) in [6, 6.07) is 8.31. The Labute approximate surface area is 154 Å². The quantitative estimate of drug-likeness (QED) is 0.889. The van der Waals surface area contributed by atoms with Crippen molar-refractivity contribution in [2.75, 3.05) is 27.7 Å². The molecule has 1 N–H and O–H groups in total. The van der Waals surface area contributed by atoms with Crippen LogP contribution in [-0.2, 0) is 26.2 Å². The summed E-state index contributed by atoms with van der Waals surface area (Å²) in [6.07, 6.45) is 0. The van der Waals surface area contributed by atoms with Gasteiger partial charge in [-0.1, -0.05) is 12.1 Å². The van der Waals surface area contributed by atoms with Crippen molar-refractivity contribution in [2.24, 2.45) is 0 Å². The molecular weight excluding hydrogens is 330 g/mol. The van der Waals surface area contributed by atoms with Crippen molar-refractivity contribution in [1.29, 1.82) is 0 Å². The molecule has 1 aromatic heterocycles. The number of hydrogen-bond donors (Lipinski definition) is 1. The van der Waals surface area contributed by atoms with Crippen LogP contribution in [0.5, 0.6) is 5.75 Å². The van der Waals surface area contributed by atoms with Gasteiger partial charge < -0.3 is 15.0 Å². The van der Waals surface area contributed by atoms with Gasteiger partial charge in [-0.25, -0.2) is 4.79 Å². The minimum absolute atomic E-state index is 0.107. The van der Waals surface area contributed by atoms with Gasteiger partial charge in [0.25, 0.3) is 0 Å². The van der Waals surface area contributed by atoms with Crippen molar-refractivity contribution in [2.45, 2.75) is 33.1 Å². The van der Waals surface area contributed by atoms with Crippen LogP contribution in [-0.4, -0.2) is 53.4 Å². The molecule has 3 rings (SSSR count). The third-order valence-electron chi connectivity index (χ3n) is 4.59. The highest BCUT2D eigenvalue weighted by Crippen LogP contribution is 2.23. The minimum Gasteiger partial charge on any atom is -0.496 e. The second-order valence-corrected chi connectivity index (χ2v) is 6.93. The third kappa shape index (κ3) is 4.16. The largest absolute Gasteiger partial charge is 0.496 e. The maximum atomic E-state index is 11.7. The van der Waals surface area contributed by atoms with Crippen LogP contribution in [0.3, 0.4) is 0 Å². The topological polar surface area (TPSA) is 62.6 Å². The molecule has 1 aliphatic rings. The fourth-order valence-corrected chi connectivity index (χ4v) is 3.15. The SMILES string of the molecule is COc1cc(C)ccc1CN1CCn2nc(CNC(=O)N(C)C)cc2C1. The average molecular weight is 357 g/mol. The summed E-state index contributed by atoms with van der Waals surface area (Å²) >= 11 is 0. The van der Waals surface area contributed by atoms with Gasteiger partial charge in [0.1, 0.15) is 5.75 Å². The zero-order valence-corrected chi connectivity index (χ0v) is 16.0. The highest BCUT2D eigenvalue weighted by Gasteiger charge is 2.20. The molecule has 0 radical (unpaired) electrons. The molecule has 26 heavy (non-hydrogen) atoms. The first-order chi connectivity index (χ1) is 12.5. The van der Waals surface area contributed by atoms with Crippen molar-refractivity contribution < 1.29 is 9.53 Å². The Kier molecular flexibility index (Phi) is 5.46. The first kappa shape index (κ1) is 18.3. The Morgan fingerprint density at radius 2 is 2.12 bits per heavy atom. The molecule has 0 bridgehead atoms. The predicted molar refractivity (Wildman–Crippen MR) is 100.0 cm³/mol. The Morgan fingerprint density at radius 1 is 1.31 bits per heavy atom. The normalized spacial score (nSPS) is 14.0. The highest BCUT2D eigenvalue weighted by molar-refractivity contribution is 5.73. The predicted octanol–water partition coefficient (Wildman–Crippen LogP) is 1.99. The molecule has 0 atom stereocenters. The number of nitrogens with zero attached hydrogens (tertiary/aromatic N) is 4. The van der Waals surface area contributed by atoms with Crippen molar-refractivity contribution in [3.63, 3.8) is 0 Å². The van der Waals surface area contributed by atoms with Crippen LogP contribution in [0.1, 0.15) is 22.5 Å². The molecule has 1 aromatic carbocycles. The zero-order chi connectivity index (χ0) is 18.7. The van der Waals surface area contributed by atoms with Gasteiger partial charge in [-0.3, -0.25) is 9.58 Å². The molecule has 140 valence electrons. The molecule has 0 fully saturated rings. The molecule has 0 saturated heterocycles. The molecule has 0 spiro atoms. The third-order valence-corrected chi connectivity index (χ3v) is 4.59. The van der Waals surface area contributed by atoms with Crippen LogP contribution in [0.25, 0.3) is 0 Å². The van der Waals surface area contributed by atoms with Crippen molar-refractivity contribution in [3.8, 4) is 5.75 Å². The number of amides is 2. The van der Waals surface area contributed by atoms with Gasteiger partial charge in [0.2, 0.25) is 0 Å². The summed E-state index contributed by atoms with van der Waals surface area (Å²) in [5.41, 5.74) is 4.47. The van der Waals surface area contributed by atoms with Crippen molar-refractivity contribution in [1.82, 2.24) is 24.9 Å². The van der Waals surface area contributed by atoms with E-state index in [2.05, 4.69) is 46.5 Å². The van der Waals surface area contributed by atoms with E-state index >= 15 is 0 Å². The number of carbonyl (C=O) groups excluding carboxylic acids is 1. The summed E-state index contributed by atoms with van der Waals surface area (Å²) in [5.74, 6) is 0.941. The number of ether oxygens (including phenoxy) is 1. The number of carbonyl (C=O) groups is 1. The number of nitrogens with one attached hydrogen (secondary N) is 1. The van der Waals surface area contributed by atoms with E-state index in [9.17, 15) is 4.79 Å². The molecule has 2 heterocycles. The Bertz CT molecular complexity index is 784. The number of fused-ring (bicyclic) bond motifs is 1. The number of urea groups is 1. The molecule has 2 amide bonds. The van der Waals surface area contributed by atoms with Crippen LogP contribution < -0.4 is 10.1 Å². The van der Waals surface area contributed by atoms with Gasteiger partial charge >= 0.3 is 6.03 Å². The second-order valence-electron chi connectivity index (χ2n) is 6.93. The monoisotopic (exact) mass is 357 g/mol. The molecule has 7 nitrogen and oxygen atoms in total. The van der Waals surface area contributed by atoms with Crippen LogP contribution in [0.2, 0.25) is 0 Å². The lowest BCUT2D eigenvalue weighted by Crippen LogP contribution is -2.34. The van der Waals surface area contributed by atoms with Crippen LogP contribution in [0, 0.1) is 6.92 Å². The van der Waals surface area contributed by atoms with Gasteiger partial charge in [-0.05, 0) is 24.6 Å². The van der Waals surface area contributed by atoms with E-state index in [1.807, 2.05) is 4.68 Å². The van der Waals surface area contributed by atoms with E-state index in [-0.39, 0.29) is 6.03 Å². The lowest BCUT2D eigenvalue weighted by molar-refractivity contribution is 0.202. The summed E-state index contributed by atoms with van der Waals surface area (Å²) in [7, 11) is 5.17. The zero-order valence-electron chi connectivity index (χ0n) is 16.0.